The largest absolute Gasteiger partial charge is 0.465 e. The summed E-state index contributed by atoms with van der Waals surface area (Å²) in [4.78, 5) is 26.0. The molecule has 7 heteroatoms. The van der Waals surface area contributed by atoms with E-state index in [9.17, 15) is 14.0 Å². The summed E-state index contributed by atoms with van der Waals surface area (Å²) in [5, 5.41) is 8.48. The van der Waals surface area contributed by atoms with Gasteiger partial charge < -0.3 is 5.11 Å². The molecule has 0 bridgehead atoms. The Morgan fingerprint density at radius 3 is 2.87 bits per heavy atom. The first kappa shape index (κ1) is 9.85. The predicted molar refractivity (Wildman–Crippen MR) is 47.1 cm³/mol. The molecular formula is C8H4ClFN2O3. The molecular weight excluding hydrogens is 227 g/mol. The van der Waals surface area contributed by atoms with Crippen molar-refractivity contribution in [2.24, 2.45) is 0 Å². The number of hydrogen-bond donors (Lipinski definition) is 1. The summed E-state index contributed by atoms with van der Waals surface area (Å²) < 4.78 is 13.2. The lowest BCUT2D eigenvalue weighted by molar-refractivity contribution is 0.0763. The minimum absolute atomic E-state index is 0.0256. The van der Waals surface area contributed by atoms with Gasteiger partial charge in [0.1, 0.15) is 11.0 Å². The van der Waals surface area contributed by atoms with Crippen LogP contribution in [-0.4, -0.2) is 27.0 Å². The lowest BCUT2D eigenvalue weighted by atomic mass is 10.2. The smallest absolute Gasteiger partial charge is 0.414 e. The Hall–Kier alpha value is -1.69. The first-order valence-electron chi connectivity index (χ1n) is 3.90. The lowest BCUT2D eigenvalue weighted by Crippen LogP contribution is -2.29. The number of carbonyl (C=O) groups is 2. The monoisotopic (exact) mass is 230 g/mol. The second-order valence-electron chi connectivity index (χ2n) is 2.92. The number of nitrogens with zero attached hydrogens (tertiary/aromatic N) is 2. The predicted octanol–water partition coefficient (Wildman–Crippen LogP) is 1.51. The van der Waals surface area contributed by atoms with Crippen molar-refractivity contribution in [3.05, 3.63) is 28.3 Å². The van der Waals surface area contributed by atoms with Gasteiger partial charge in [0.25, 0.3) is 5.91 Å². The number of carbonyl (C=O) groups excluding carboxylic acids is 1. The van der Waals surface area contributed by atoms with E-state index in [0.717, 1.165) is 6.20 Å². The normalized spacial score (nSPS) is 14.3. The third kappa shape index (κ3) is 1.33. The van der Waals surface area contributed by atoms with E-state index in [4.69, 9.17) is 16.7 Å². The van der Waals surface area contributed by atoms with Crippen LogP contribution in [0, 0.1) is 5.82 Å². The van der Waals surface area contributed by atoms with Crippen LogP contribution in [0.1, 0.15) is 15.9 Å². The second kappa shape index (κ2) is 3.16. The summed E-state index contributed by atoms with van der Waals surface area (Å²) in [5.74, 6) is -1.57. The van der Waals surface area contributed by atoms with E-state index in [0.29, 0.717) is 4.90 Å². The van der Waals surface area contributed by atoms with Gasteiger partial charge in [0.2, 0.25) is 0 Å². The highest BCUT2D eigenvalue weighted by Gasteiger charge is 2.36. The molecule has 15 heavy (non-hydrogen) atoms. The highest BCUT2D eigenvalue weighted by atomic mass is 35.5. The summed E-state index contributed by atoms with van der Waals surface area (Å²) in [6, 6.07) is 0. The molecule has 0 spiro atoms. The first-order chi connectivity index (χ1) is 7.02. The van der Waals surface area contributed by atoms with Crippen LogP contribution in [0.5, 0.6) is 0 Å². The van der Waals surface area contributed by atoms with Gasteiger partial charge in [0.15, 0.2) is 0 Å². The molecule has 0 saturated carbocycles. The van der Waals surface area contributed by atoms with Crippen molar-refractivity contribution in [1.82, 2.24) is 9.88 Å². The van der Waals surface area contributed by atoms with Crippen LogP contribution in [0.4, 0.5) is 9.18 Å². The third-order valence-electron chi connectivity index (χ3n) is 2.09. The van der Waals surface area contributed by atoms with E-state index in [1.807, 2.05) is 0 Å². The lowest BCUT2D eigenvalue weighted by Gasteiger charge is -2.06. The average Bonchev–Trinajstić information content (AvgIpc) is 2.51. The van der Waals surface area contributed by atoms with Crippen molar-refractivity contribution in [1.29, 1.82) is 0 Å². The molecule has 0 atom stereocenters. The zero-order valence-electron chi connectivity index (χ0n) is 7.20. The van der Waals surface area contributed by atoms with Gasteiger partial charge in [-0.25, -0.2) is 19.1 Å². The molecule has 0 aromatic carbocycles. The van der Waals surface area contributed by atoms with Crippen molar-refractivity contribution >= 4 is 23.6 Å². The van der Waals surface area contributed by atoms with Crippen LogP contribution in [0.25, 0.3) is 0 Å². The maximum absolute atomic E-state index is 13.2. The Kier molecular flexibility index (Phi) is 2.08. The van der Waals surface area contributed by atoms with Crippen molar-refractivity contribution in [3.8, 4) is 0 Å². The van der Waals surface area contributed by atoms with Crippen LogP contribution in [0.3, 0.4) is 0 Å². The van der Waals surface area contributed by atoms with Crippen molar-refractivity contribution in [2.45, 2.75) is 6.54 Å². The van der Waals surface area contributed by atoms with E-state index in [1.54, 1.807) is 0 Å². The molecule has 0 fully saturated rings. The fraction of sp³-hybridized carbons (Fsp3) is 0.125. The van der Waals surface area contributed by atoms with Gasteiger partial charge in [-0.3, -0.25) is 4.79 Å². The molecule has 2 amide bonds. The van der Waals surface area contributed by atoms with E-state index in [1.165, 1.54) is 0 Å². The molecule has 1 aliphatic rings. The van der Waals surface area contributed by atoms with Gasteiger partial charge in [-0.15, -0.1) is 0 Å². The zero-order chi connectivity index (χ0) is 11.2. The van der Waals surface area contributed by atoms with E-state index in [2.05, 4.69) is 4.98 Å². The van der Waals surface area contributed by atoms with Gasteiger partial charge in [-0.2, -0.15) is 0 Å². The molecule has 1 aromatic rings. The van der Waals surface area contributed by atoms with Gasteiger partial charge in [-0.05, 0) is 0 Å². The number of amides is 2. The number of halogens is 2. The van der Waals surface area contributed by atoms with Crippen LogP contribution < -0.4 is 0 Å². The summed E-state index contributed by atoms with van der Waals surface area (Å²) in [7, 11) is 0. The highest BCUT2D eigenvalue weighted by molar-refractivity contribution is 6.33. The zero-order valence-corrected chi connectivity index (χ0v) is 7.95. The van der Waals surface area contributed by atoms with Crippen LogP contribution in [0.15, 0.2) is 6.20 Å². The molecule has 0 unspecified atom stereocenters. The van der Waals surface area contributed by atoms with Crippen molar-refractivity contribution in [3.63, 3.8) is 0 Å². The fourth-order valence-corrected chi connectivity index (χ4v) is 1.63. The van der Waals surface area contributed by atoms with Crippen LogP contribution in [0.2, 0.25) is 5.15 Å². The number of pyridine rings is 1. The Balaban J connectivity index is 2.58. The minimum atomic E-state index is -1.44. The molecule has 5 nitrogen and oxygen atoms in total. The summed E-state index contributed by atoms with van der Waals surface area (Å²) in [5.41, 5.74) is -0.193. The first-order valence-corrected chi connectivity index (χ1v) is 4.28. The fourth-order valence-electron chi connectivity index (χ4n) is 1.39. The molecule has 1 aromatic heterocycles. The second-order valence-corrected chi connectivity index (χ2v) is 3.28. The Labute approximate surface area is 88.1 Å². The maximum Gasteiger partial charge on any atom is 0.414 e. The number of imide groups is 1. The number of carboxylic acid groups (broad SMARTS) is 1. The van der Waals surface area contributed by atoms with E-state index in [-0.39, 0.29) is 22.8 Å². The summed E-state index contributed by atoms with van der Waals surface area (Å²) >= 11 is 5.59. The minimum Gasteiger partial charge on any atom is -0.465 e. The molecule has 1 aliphatic heterocycles. The quantitative estimate of drug-likeness (QED) is 0.686. The third-order valence-corrected chi connectivity index (χ3v) is 2.38. The summed E-state index contributed by atoms with van der Waals surface area (Å²) in [6.45, 7) is -0.322. The standard InChI is InChI=1S/C8H4ClFN2O3/c9-6-5-3(4(10)1-11-6)2-12(7(5)13)8(14)15/h1H,2H2,(H,14,15). The number of aromatic nitrogens is 1. The average molecular weight is 231 g/mol. The molecule has 0 saturated heterocycles. The number of fused-ring (bicyclic) bond motifs is 1. The van der Waals surface area contributed by atoms with Gasteiger partial charge in [-0.1, -0.05) is 11.6 Å². The Morgan fingerprint density at radius 1 is 1.67 bits per heavy atom. The Morgan fingerprint density at radius 2 is 2.33 bits per heavy atom. The van der Waals surface area contributed by atoms with Crippen molar-refractivity contribution in [2.75, 3.05) is 0 Å². The van der Waals surface area contributed by atoms with E-state index < -0.39 is 17.8 Å². The molecule has 0 radical (unpaired) electrons. The molecule has 0 aliphatic carbocycles. The maximum atomic E-state index is 13.2. The van der Waals surface area contributed by atoms with Gasteiger partial charge >= 0.3 is 6.09 Å². The number of rotatable bonds is 0. The molecule has 1 N–H and O–H groups in total. The molecule has 78 valence electrons. The van der Waals surface area contributed by atoms with Crippen LogP contribution in [-0.2, 0) is 6.54 Å². The molecule has 2 rings (SSSR count). The van der Waals surface area contributed by atoms with Gasteiger partial charge in [0.05, 0.1) is 18.3 Å². The van der Waals surface area contributed by atoms with Crippen molar-refractivity contribution < 1.29 is 19.1 Å². The highest BCUT2D eigenvalue weighted by Crippen LogP contribution is 2.29. The Bertz CT molecular complexity index is 477. The van der Waals surface area contributed by atoms with Gasteiger partial charge in [0, 0.05) is 5.56 Å². The van der Waals surface area contributed by atoms with Crippen LogP contribution >= 0.6 is 11.6 Å². The summed E-state index contributed by atoms with van der Waals surface area (Å²) in [6.07, 6.45) is -0.577. The topological polar surface area (TPSA) is 70.5 Å². The van der Waals surface area contributed by atoms with E-state index >= 15 is 0 Å². The SMILES string of the molecule is O=C(O)N1Cc2c(F)cnc(Cl)c2C1=O. The number of hydrogen-bond acceptors (Lipinski definition) is 3. The molecule has 2 heterocycles.